The summed E-state index contributed by atoms with van der Waals surface area (Å²) in [6.07, 6.45) is 2.09. The van der Waals surface area contributed by atoms with Gasteiger partial charge in [-0.15, -0.1) is 0 Å². The van der Waals surface area contributed by atoms with Gasteiger partial charge >= 0.3 is 5.97 Å². The minimum Gasteiger partial charge on any atom is -0.480 e. The van der Waals surface area contributed by atoms with Crippen LogP contribution in [0.15, 0.2) is 4.99 Å². The van der Waals surface area contributed by atoms with Gasteiger partial charge in [0.15, 0.2) is 0 Å². The molecule has 5 nitrogen and oxygen atoms in total. The molecule has 0 aromatic heterocycles. The van der Waals surface area contributed by atoms with E-state index >= 15 is 0 Å². The normalized spacial score (nSPS) is 13.8. The first kappa shape index (κ1) is 12.9. The second kappa shape index (κ2) is 7.32. The minimum absolute atomic E-state index is 0.489. The van der Waals surface area contributed by atoms with Crippen molar-refractivity contribution in [1.82, 2.24) is 5.32 Å². The maximum atomic E-state index is 10.4. The molecule has 0 saturated carbocycles. The predicted molar refractivity (Wildman–Crippen MR) is 56.5 cm³/mol. The number of aliphatic carboxylic acids is 1. The van der Waals surface area contributed by atoms with Crippen LogP contribution < -0.4 is 11.1 Å². The van der Waals surface area contributed by atoms with Crippen molar-refractivity contribution >= 4 is 11.8 Å². The average Bonchev–Trinajstić information content (AvgIpc) is 2.17. The summed E-state index contributed by atoms with van der Waals surface area (Å²) in [5.74, 6) is -0.00114. The van der Waals surface area contributed by atoms with Crippen LogP contribution in [0.4, 0.5) is 0 Å². The fourth-order valence-corrected chi connectivity index (χ4v) is 1.04. The number of carboxylic acids is 1. The molecule has 14 heavy (non-hydrogen) atoms. The molecule has 82 valence electrons. The number of hydrogen-bond acceptors (Lipinski definition) is 3. The molecule has 0 fully saturated rings. The summed E-state index contributed by atoms with van der Waals surface area (Å²) >= 11 is 0. The first-order chi connectivity index (χ1) is 6.61. The highest BCUT2D eigenvalue weighted by molar-refractivity contribution is 5.81. The molecule has 0 heterocycles. The zero-order chi connectivity index (χ0) is 11.0. The van der Waals surface area contributed by atoms with Crippen molar-refractivity contribution < 1.29 is 9.90 Å². The predicted octanol–water partition coefficient (Wildman–Crippen LogP) is 0.206. The molecule has 0 aromatic carbocycles. The molecular formula is C9H19N3O2. The second-order valence-electron chi connectivity index (χ2n) is 3.04. The van der Waals surface area contributed by atoms with Gasteiger partial charge in [-0.25, -0.2) is 0 Å². The van der Waals surface area contributed by atoms with Crippen LogP contribution in [0.1, 0.15) is 26.2 Å². The molecule has 1 atom stereocenters. The fourth-order valence-electron chi connectivity index (χ4n) is 1.04. The van der Waals surface area contributed by atoms with Crippen molar-refractivity contribution in [1.29, 1.82) is 0 Å². The number of hydrogen-bond donors (Lipinski definition) is 3. The molecular weight excluding hydrogens is 182 g/mol. The third-order valence-corrected chi connectivity index (χ3v) is 1.94. The maximum Gasteiger partial charge on any atom is 0.320 e. The molecule has 0 saturated heterocycles. The Bertz CT molecular complexity index is 204. The molecule has 0 spiro atoms. The number of carboxylic acid groups (broad SMARTS) is 1. The lowest BCUT2D eigenvalue weighted by molar-refractivity contribution is -0.138. The molecule has 0 rings (SSSR count). The van der Waals surface area contributed by atoms with E-state index in [0.29, 0.717) is 6.42 Å². The molecule has 0 aliphatic carbocycles. The van der Waals surface area contributed by atoms with Gasteiger partial charge in [0.25, 0.3) is 0 Å². The van der Waals surface area contributed by atoms with E-state index in [-0.39, 0.29) is 0 Å². The molecule has 1 unspecified atom stereocenters. The maximum absolute atomic E-state index is 10.4. The van der Waals surface area contributed by atoms with Crippen LogP contribution in [0, 0.1) is 0 Å². The van der Waals surface area contributed by atoms with Gasteiger partial charge in [-0.05, 0) is 12.8 Å². The Morgan fingerprint density at radius 1 is 1.64 bits per heavy atom. The van der Waals surface area contributed by atoms with Gasteiger partial charge in [-0.1, -0.05) is 6.92 Å². The van der Waals surface area contributed by atoms with Crippen LogP contribution in [-0.4, -0.2) is 36.5 Å². The minimum atomic E-state index is -0.940. The molecule has 0 aliphatic rings. The Kier molecular flexibility index (Phi) is 6.74. The zero-order valence-electron chi connectivity index (χ0n) is 8.79. The highest BCUT2D eigenvalue weighted by atomic mass is 16.4. The summed E-state index contributed by atoms with van der Waals surface area (Å²) in [5, 5.41) is 11.6. The Labute approximate surface area is 84.4 Å². The summed E-state index contributed by atoms with van der Waals surface area (Å²) in [6, 6.07) is -0.750. The van der Waals surface area contributed by atoms with Crippen molar-refractivity contribution in [2.75, 3.05) is 13.6 Å². The molecule has 5 heteroatoms. The number of nitrogens with zero attached hydrogens (tertiary/aromatic N) is 1. The van der Waals surface area contributed by atoms with Gasteiger partial charge in [0.2, 0.25) is 0 Å². The number of aliphatic imine (C=N–C) groups is 1. The second-order valence-corrected chi connectivity index (χ2v) is 3.04. The van der Waals surface area contributed by atoms with Gasteiger partial charge in [-0.3, -0.25) is 9.79 Å². The van der Waals surface area contributed by atoms with E-state index in [1.807, 2.05) is 6.92 Å². The van der Waals surface area contributed by atoms with E-state index in [2.05, 4.69) is 10.3 Å². The van der Waals surface area contributed by atoms with E-state index < -0.39 is 12.0 Å². The third kappa shape index (κ3) is 5.53. The first-order valence-electron chi connectivity index (χ1n) is 4.79. The standard InChI is InChI=1S/C9H19N3O2/c1-3-8(11-2)12-6-4-5-7(10)9(13)14/h7H,3-6,10H2,1-2H3,(H,11,12)(H,13,14). The fraction of sp³-hybridized carbons (Fsp3) is 0.778. The molecule has 0 aliphatic heterocycles. The molecule has 0 bridgehead atoms. The summed E-state index contributed by atoms with van der Waals surface area (Å²) < 4.78 is 0. The highest BCUT2D eigenvalue weighted by Gasteiger charge is 2.09. The first-order valence-corrected chi connectivity index (χ1v) is 4.79. The lowest BCUT2D eigenvalue weighted by Crippen LogP contribution is -2.31. The Hall–Kier alpha value is -1.10. The zero-order valence-corrected chi connectivity index (χ0v) is 8.79. The van der Waals surface area contributed by atoms with Crippen LogP contribution in [0.3, 0.4) is 0 Å². The van der Waals surface area contributed by atoms with E-state index in [4.69, 9.17) is 10.8 Å². The van der Waals surface area contributed by atoms with Crippen LogP contribution >= 0.6 is 0 Å². The van der Waals surface area contributed by atoms with Gasteiger partial charge in [0.05, 0.1) is 5.84 Å². The van der Waals surface area contributed by atoms with E-state index in [9.17, 15) is 4.79 Å². The van der Waals surface area contributed by atoms with Gasteiger partial charge in [-0.2, -0.15) is 0 Å². The van der Waals surface area contributed by atoms with Crippen molar-refractivity contribution in [3.63, 3.8) is 0 Å². The van der Waals surface area contributed by atoms with Crippen molar-refractivity contribution in [3.8, 4) is 0 Å². The monoisotopic (exact) mass is 201 g/mol. The highest BCUT2D eigenvalue weighted by Crippen LogP contribution is 1.93. The number of nitrogens with one attached hydrogen (secondary N) is 1. The van der Waals surface area contributed by atoms with Crippen LogP contribution in [0.2, 0.25) is 0 Å². The lowest BCUT2D eigenvalue weighted by atomic mass is 10.2. The third-order valence-electron chi connectivity index (χ3n) is 1.94. The van der Waals surface area contributed by atoms with Crippen molar-refractivity contribution in [3.05, 3.63) is 0 Å². The van der Waals surface area contributed by atoms with Gasteiger partial charge in [0, 0.05) is 20.0 Å². The Morgan fingerprint density at radius 2 is 2.29 bits per heavy atom. The molecule has 0 aromatic rings. The SMILES string of the molecule is CCC(=NC)NCCCC(N)C(=O)O. The Morgan fingerprint density at radius 3 is 2.71 bits per heavy atom. The van der Waals surface area contributed by atoms with E-state index in [0.717, 1.165) is 25.2 Å². The quantitative estimate of drug-likeness (QED) is 0.325. The summed E-state index contributed by atoms with van der Waals surface area (Å²) in [5.41, 5.74) is 5.34. The number of rotatable bonds is 6. The number of amidine groups is 1. The van der Waals surface area contributed by atoms with Crippen molar-refractivity contribution in [2.45, 2.75) is 32.2 Å². The summed E-state index contributed by atoms with van der Waals surface area (Å²) in [7, 11) is 1.73. The number of carbonyl (C=O) groups is 1. The topological polar surface area (TPSA) is 87.7 Å². The molecule has 4 N–H and O–H groups in total. The molecule has 0 radical (unpaired) electrons. The van der Waals surface area contributed by atoms with Crippen LogP contribution in [0.5, 0.6) is 0 Å². The van der Waals surface area contributed by atoms with E-state index in [1.54, 1.807) is 7.05 Å². The smallest absolute Gasteiger partial charge is 0.320 e. The Balaban J connectivity index is 3.51. The summed E-state index contributed by atoms with van der Waals surface area (Å²) in [6.45, 7) is 2.74. The van der Waals surface area contributed by atoms with Crippen LogP contribution in [0.25, 0.3) is 0 Å². The van der Waals surface area contributed by atoms with E-state index in [1.165, 1.54) is 0 Å². The largest absolute Gasteiger partial charge is 0.480 e. The average molecular weight is 201 g/mol. The lowest BCUT2D eigenvalue weighted by Gasteiger charge is -2.08. The van der Waals surface area contributed by atoms with Crippen LogP contribution in [-0.2, 0) is 4.79 Å². The van der Waals surface area contributed by atoms with Crippen molar-refractivity contribution in [2.24, 2.45) is 10.7 Å². The summed E-state index contributed by atoms with van der Waals surface area (Å²) in [4.78, 5) is 14.4. The van der Waals surface area contributed by atoms with Gasteiger partial charge < -0.3 is 16.2 Å². The van der Waals surface area contributed by atoms with Gasteiger partial charge in [0.1, 0.15) is 6.04 Å². The molecule has 0 amide bonds. The number of nitrogens with two attached hydrogens (primary N) is 1.